The summed E-state index contributed by atoms with van der Waals surface area (Å²) in [5, 5.41) is 0. The molecule has 0 aromatic rings. The van der Waals surface area contributed by atoms with Crippen molar-refractivity contribution in [1.29, 1.82) is 0 Å². The van der Waals surface area contributed by atoms with Crippen molar-refractivity contribution in [2.24, 2.45) is 11.8 Å². The Morgan fingerprint density at radius 2 is 2.00 bits per heavy atom. The van der Waals surface area contributed by atoms with Crippen LogP contribution in [-0.4, -0.2) is 25.4 Å². The molecule has 1 heterocycles. The second kappa shape index (κ2) is 3.97. The molecule has 2 heteroatoms. The zero-order chi connectivity index (χ0) is 9.26. The summed E-state index contributed by atoms with van der Waals surface area (Å²) in [6.07, 6.45) is 4.76. The minimum atomic E-state index is 0.426. The van der Waals surface area contributed by atoms with Gasteiger partial charge in [-0.1, -0.05) is 13.8 Å². The monoisotopic (exact) mass is 184 g/mol. The van der Waals surface area contributed by atoms with E-state index in [-0.39, 0.29) is 0 Å². The molecule has 1 aliphatic heterocycles. The van der Waals surface area contributed by atoms with Gasteiger partial charge in [0.15, 0.2) is 0 Å². The van der Waals surface area contributed by atoms with Crippen molar-refractivity contribution in [2.75, 3.05) is 13.2 Å². The van der Waals surface area contributed by atoms with Crippen molar-refractivity contribution < 1.29 is 9.47 Å². The lowest BCUT2D eigenvalue weighted by atomic mass is 9.80. The van der Waals surface area contributed by atoms with Crippen LogP contribution in [0, 0.1) is 11.8 Å². The first-order valence-corrected chi connectivity index (χ1v) is 5.49. The van der Waals surface area contributed by atoms with Crippen molar-refractivity contribution >= 4 is 0 Å². The summed E-state index contributed by atoms with van der Waals surface area (Å²) in [7, 11) is 0. The Hall–Kier alpha value is -0.0800. The molecule has 0 N–H and O–H groups in total. The number of hydrogen-bond acceptors (Lipinski definition) is 2. The number of epoxide rings is 1. The minimum absolute atomic E-state index is 0.426. The van der Waals surface area contributed by atoms with Crippen LogP contribution in [0.25, 0.3) is 0 Å². The standard InChI is InChI=1S/C11H20O2/c1-8-3-4-10(5-9(8)2)12-6-11-7-13-11/h8-11H,3-7H2,1-2H3/t8?,9?,10?,11-/m1/s1. The van der Waals surface area contributed by atoms with Crippen LogP contribution in [0.15, 0.2) is 0 Å². The van der Waals surface area contributed by atoms with E-state index in [1.165, 1.54) is 19.3 Å². The molecule has 0 amide bonds. The van der Waals surface area contributed by atoms with E-state index in [9.17, 15) is 0 Å². The molecule has 2 rings (SSSR count). The molecule has 1 aliphatic carbocycles. The molecule has 2 aliphatic rings. The smallest absolute Gasteiger partial charge is 0.104 e. The topological polar surface area (TPSA) is 21.8 Å². The maximum Gasteiger partial charge on any atom is 0.104 e. The molecule has 0 aromatic carbocycles. The second-order valence-corrected chi connectivity index (χ2v) is 4.68. The average Bonchev–Trinajstić information content (AvgIpc) is 2.91. The summed E-state index contributed by atoms with van der Waals surface area (Å²) in [6.45, 7) is 6.43. The van der Waals surface area contributed by atoms with Crippen LogP contribution in [0.5, 0.6) is 0 Å². The number of hydrogen-bond donors (Lipinski definition) is 0. The van der Waals surface area contributed by atoms with Crippen LogP contribution in [0.4, 0.5) is 0 Å². The largest absolute Gasteiger partial charge is 0.375 e. The van der Waals surface area contributed by atoms with Crippen molar-refractivity contribution in [1.82, 2.24) is 0 Å². The van der Waals surface area contributed by atoms with E-state index < -0.39 is 0 Å². The summed E-state index contributed by atoms with van der Waals surface area (Å²) in [4.78, 5) is 0. The van der Waals surface area contributed by atoms with Crippen molar-refractivity contribution in [2.45, 2.75) is 45.3 Å². The highest BCUT2D eigenvalue weighted by Gasteiger charge is 2.28. The third kappa shape index (κ3) is 2.68. The normalized spacial score (nSPS) is 44.8. The average molecular weight is 184 g/mol. The minimum Gasteiger partial charge on any atom is -0.375 e. The molecule has 4 atom stereocenters. The fourth-order valence-electron chi connectivity index (χ4n) is 2.06. The fraction of sp³-hybridized carbons (Fsp3) is 1.00. The van der Waals surface area contributed by atoms with Gasteiger partial charge in [-0.2, -0.15) is 0 Å². The quantitative estimate of drug-likeness (QED) is 0.627. The predicted molar refractivity (Wildman–Crippen MR) is 51.7 cm³/mol. The molecule has 0 spiro atoms. The maximum absolute atomic E-state index is 5.80. The van der Waals surface area contributed by atoms with Gasteiger partial charge >= 0.3 is 0 Å². The van der Waals surface area contributed by atoms with Gasteiger partial charge in [-0.3, -0.25) is 0 Å². The number of rotatable bonds is 3. The molecular formula is C11H20O2. The lowest BCUT2D eigenvalue weighted by Crippen LogP contribution is -2.27. The Balaban J connectivity index is 1.68. The van der Waals surface area contributed by atoms with Gasteiger partial charge < -0.3 is 9.47 Å². The molecule has 76 valence electrons. The van der Waals surface area contributed by atoms with E-state index in [0.717, 1.165) is 25.0 Å². The molecule has 13 heavy (non-hydrogen) atoms. The first-order valence-electron chi connectivity index (χ1n) is 5.49. The van der Waals surface area contributed by atoms with E-state index in [1.807, 2.05) is 0 Å². The summed E-state index contributed by atoms with van der Waals surface area (Å²) in [6, 6.07) is 0. The van der Waals surface area contributed by atoms with Gasteiger partial charge in [0.05, 0.1) is 19.3 Å². The van der Waals surface area contributed by atoms with E-state index in [4.69, 9.17) is 9.47 Å². The second-order valence-electron chi connectivity index (χ2n) is 4.68. The Morgan fingerprint density at radius 1 is 1.23 bits per heavy atom. The molecule has 2 fully saturated rings. The first kappa shape index (κ1) is 9.47. The Morgan fingerprint density at radius 3 is 2.62 bits per heavy atom. The molecule has 3 unspecified atom stereocenters. The van der Waals surface area contributed by atoms with Gasteiger partial charge in [0.1, 0.15) is 6.10 Å². The van der Waals surface area contributed by atoms with Crippen LogP contribution in [-0.2, 0) is 9.47 Å². The highest BCUT2D eigenvalue weighted by molar-refractivity contribution is 4.77. The summed E-state index contributed by atoms with van der Waals surface area (Å²) in [5.41, 5.74) is 0. The Labute approximate surface area is 80.6 Å². The third-order valence-corrected chi connectivity index (χ3v) is 3.47. The van der Waals surface area contributed by atoms with Gasteiger partial charge in [0, 0.05) is 0 Å². The summed E-state index contributed by atoms with van der Waals surface area (Å²) in [5.74, 6) is 1.72. The molecular weight excluding hydrogens is 164 g/mol. The van der Waals surface area contributed by atoms with Gasteiger partial charge in [-0.25, -0.2) is 0 Å². The SMILES string of the molecule is CC1CCC(OC[C@@H]2CO2)CC1C. The van der Waals surface area contributed by atoms with Crippen LogP contribution >= 0.6 is 0 Å². The Kier molecular flexibility index (Phi) is 2.89. The van der Waals surface area contributed by atoms with Crippen LogP contribution in [0.1, 0.15) is 33.1 Å². The van der Waals surface area contributed by atoms with Gasteiger partial charge in [0.2, 0.25) is 0 Å². The van der Waals surface area contributed by atoms with Crippen LogP contribution in [0.3, 0.4) is 0 Å². The lowest BCUT2D eigenvalue weighted by Gasteiger charge is -2.31. The predicted octanol–water partition coefficient (Wildman–Crippen LogP) is 2.23. The fourth-order valence-corrected chi connectivity index (χ4v) is 2.06. The molecule has 0 aromatic heterocycles. The first-order chi connectivity index (χ1) is 6.25. The third-order valence-electron chi connectivity index (χ3n) is 3.47. The van der Waals surface area contributed by atoms with E-state index in [1.54, 1.807) is 0 Å². The van der Waals surface area contributed by atoms with Gasteiger partial charge in [-0.05, 0) is 31.1 Å². The van der Waals surface area contributed by atoms with E-state index in [0.29, 0.717) is 12.2 Å². The van der Waals surface area contributed by atoms with Crippen molar-refractivity contribution in [3.8, 4) is 0 Å². The summed E-state index contributed by atoms with van der Waals surface area (Å²) >= 11 is 0. The van der Waals surface area contributed by atoms with Crippen molar-refractivity contribution in [3.63, 3.8) is 0 Å². The lowest BCUT2D eigenvalue weighted by molar-refractivity contribution is -0.00387. The van der Waals surface area contributed by atoms with Gasteiger partial charge in [0.25, 0.3) is 0 Å². The number of ether oxygens (including phenoxy) is 2. The summed E-state index contributed by atoms with van der Waals surface area (Å²) < 4.78 is 10.9. The van der Waals surface area contributed by atoms with E-state index >= 15 is 0 Å². The van der Waals surface area contributed by atoms with Crippen LogP contribution in [0.2, 0.25) is 0 Å². The molecule has 1 saturated carbocycles. The Bertz CT molecular complexity index is 165. The van der Waals surface area contributed by atoms with Gasteiger partial charge in [-0.15, -0.1) is 0 Å². The van der Waals surface area contributed by atoms with Crippen LogP contribution < -0.4 is 0 Å². The van der Waals surface area contributed by atoms with Crippen molar-refractivity contribution in [3.05, 3.63) is 0 Å². The zero-order valence-corrected chi connectivity index (χ0v) is 8.66. The zero-order valence-electron chi connectivity index (χ0n) is 8.66. The highest BCUT2D eigenvalue weighted by Crippen LogP contribution is 2.31. The maximum atomic E-state index is 5.80. The molecule has 2 nitrogen and oxygen atoms in total. The molecule has 0 bridgehead atoms. The molecule has 0 radical (unpaired) electrons. The van der Waals surface area contributed by atoms with E-state index in [2.05, 4.69) is 13.8 Å². The highest BCUT2D eigenvalue weighted by atomic mass is 16.6. The molecule has 1 saturated heterocycles.